The van der Waals surface area contributed by atoms with Crippen LogP contribution in [0.4, 0.5) is 0 Å². The molecule has 0 aliphatic heterocycles. The van der Waals surface area contributed by atoms with Crippen molar-refractivity contribution in [3.05, 3.63) is 0 Å². The second kappa shape index (κ2) is 17.1. The molecule has 0 fully saturated rings. The van der Waals surface area contributed by atoms with Crippen molar-refractivity contribution in [3.8, 4) is 0 Å². The van der Waals surface area contributed by atoms with E-state index in [1.54, 1.807) is 0 Å². The molecule has 0 amide bonds. The van der Waals surface area contributed by atoms with Crippen LogP contribution in [-0.2, 0) is 0 Å². The van der Waals surface area contributed by atoms with E-state index in [-0.39, 0.29) is 91.8 Å². The second-order valence-corrected chi connectivity index (χ2v) is 0. The maximum Gasteiger partial charge on any atom is 0 e. The van der Waals surface area contributed by atoms with E-state index >= 15 is 0 Å². The Morgan fingerprint density at radius 2 is 0.500 bits per heavy atom. The van der Waals surface area contributed by atoms with Crippen LogP contribution in [0.3, 0.4) is 0 Å². The molecule has 0 aliphatic carbocycles. The van der Waals surface area contributed by atoms with Gasteiger partial charge in [0, 0.05) is 40.8 Å². The minimum atomic E-state index is 0. The molecule has 0 atom stereocenters. The van der Waals surface area contributed by atoms with Gasteiger partial charge in [-0.2, -0.15) is 0 Å². The molecule has 0 spiro atoms. The smallest absolute Gasteiger partial charge is 0 e. The summed E-state index contributed by atoms with van der Waals surface area (Å²) < 4.78 is 0. The summed E-state index contributed by atoms with van der Waals surface area (Å²) in [6.07, 6.45) is 0. The zero-order valence-electron chi connectivity index (χ0n) is 1.72. The maximum atomic E-state index is 0. The molecule has 4 heavy (non-hydrogen) atoms. The first-order valence-electron chi connectivity index (χ1n) is 0. The van der Waals surface area contributed by atoms with Crippen molar-refractivity contribution in [1.82, 2.24) is 0 Å². The fraction of sp³-hybridized carbons (Fsp3) is 0. The predicted octanol–water partition coefficient (Wildman–Crippen LogP) is 1.73. The molecule has 4 heteroatoms. The Morgan fingerprint density at radius 3 is 0.500 bits per heavy atom. The first-order valence-corrected chi connectivity index (χ1v) is 0. The third-order valence-corrected chi connectivity index (χ3v) is 0. The molecule has 0 saturated heterocycles. The third-order valence-electron chi connectivity index (χ3n) is 0. The summed E-state index contributed by atoms with van der Waals surface area (Å²) in [4.78, 5) is 0. The van der Waals surface area contributed by atoms with Gasteiger partial charge >= 0.3 is 0 Å². The zero-order chi connectivity index (χ0) is 0. The van der Waals surface area contributed by atoms with Gasteiger partial charge in [0.05, 0.1) is 0 Å². The quantitative estimate of drug-likeness (QED) is 0.595. The molecule has 0 saturated carbocycles. The molecule has 0 aromatic heterocycles. The fourth-order valence-electron chi connectivity index (χ4n) is 0. The van der Waals surface area contributed by atoms with Crippen molar-refractivity contribution in [2.45, 2.75) is 0 Å². The molecular formula is H3Br3Nd. The Bertz CT molecular complexity index is 3.25. The topological polar surface area (TPSA) is 0 Å². The summed E-state index contributed by atoms with van der Waals surface area (Å²) in [5.41, 5.74) is 0. The molecule has 0 aromatic carbocycles. The first-order chi connectivity index (χ1) is 0. The van der Waals surface area contributed by atoms with Crippen LogP contribution in [0, 0.1) is 40.8 Å². The summed E-state index contributed by atoms with van der Waals surface area (Å²) in [5, 5.41) is 0. The summed E-state index contributed by atoms with van der Waals surface area (Å²) in [7, 11) is 0. The third kappa shape index (κ3) is 8.84. The Morgan fingerprint density at radius 1 is 0.500 bits per heavy atom. The molecule has 0 unspecified atom stereocenters. The first kappa shape index (κ1) is 29.2. The predicted molar refractivity (Wildman–Crippen MR) is 31.0 cm³/mol. The van der Waals surface area contributed by atoms with Crippen LogP contribution < -0.4 is 0 Å². The van der Waals surface area contributed by atoms with Crippen LogP contribution in [0.1, 0.15) is 0 Å². The largest absolute Gasteiger partial charge is 0.114 e. The molecule has 28 valence electrons. The second-order valence-electron chi connectivity index (χ2n) is 0. The number of rotatable bonds is 0. The standard InChI is InChI=1S/3BrH.Nd/h3*1H;. The van der Waals surface area contributed by atoms with Crippen molar-refractivity contribution in [2.75, 3.05) is 0 Å². The Hall–Kier alpha value is 2.79. The normalized spacial score (nSPS) is 0. The molecule has 0 radical (unpaired) electrons. The van der Waals surface area contributed by atoms with E-state index in [1.165, 1.54) is 0 Å². The van der Waals surface area contributed by atoms with Gasteiger partial charge in [-0.25, -0.2) is 0 Å². The van der Waals surface area contributed by atoms with E-state index in [0.717, 1.165) is 0 Å². The number of hydrogen-bond acceptors (Lipinski definition) is 0. The van der Waals surface area contributed by atoms with Gasteiger partial charge in [-0.05, 0) is 0 Å². The minimum absolute atomic E-state index is 0. The minimum Gasteiger partial charge on any atom is -0.114 e. The van der Waals surface area contributed by atoms with Crippen LogP contribution in [0.25, 0.3) is 0 Å². The van der Waals surface area contributed by atoms with E-state index in [0.29, 0.717) is 0 Å². The van der Waals surface area contributed by atoms with Crippen molar-refractivity contribution in [3.63, 3.8) is 0 Å². The number of halogens is 3. The van der Waals surface area contributed by atoms with Gasteiger partial charge in [0.25, 0.3) is 0 Å². The molecule has 0 N–H and O–H groups in total. The summed E-state index contributed by atoms with van der Waals surface area (Å²) in [6.45, 7) is 0. The van der Waals surface area contributed by atoms with Crippen LogP contribution >= 0.6 is 50.9 Å². The van der Waals surface area contributed by atoms with Gasteiger partial charge in [-0.1, -0.05) is 0 Å². The Kier molecular flexibility index (Phi) is 125. The van der Waals surface area contributed by atoms with Crippen LogP contribution in [0.15, 0.2) is 0 Å². The van der Waals surface area contributed by atoms with Crippen molar-refractivity contribution in [2.24, 2.45) is 0 Å². The molecule has 0 aliphatic rings. The molecule has 0 heterocycles. The average molecular weight is 387 g/mol. The van der Waals surface area contributed by atoms with E-state index < -0.39 is 0 Å². The summed E-state index contributed by atoms with van der Waals surface area (Å²) in [5.74, 6) is 0. The molecule has 0 rings (SSSR count). The van der Waals surface area contributed by atoms with Gasteiger partial charge in [-0.15, -0.1) is 50.9 Å². The summed E-state index contributed by atoms with van der Waals surface area (Å²) >= 11 is 0. The monoisotopic (exact) mass is 382 g/mol. The van der Waals surface area contributed by atoms with Gasteiger partial charge in [0.2, 0.25) is 0 Å². The molecule has 0 bridgehead atoms. The van der Waals surface area contributed by atoms with Crippen molar-refractivity contribution in [1.29, 1.82) is 0 Å². The molecule has 0 aromatic rings. The summed E-state index contributed by atoms with van der Waals surface area (Å²) in [6, 6.07) is 0. The van der Waals surface area contributed by atoms with Gasteiger partial charge < -0.3 is 0 Å². The van der Waals surface area contributed by atoms with Gasteiger partial charge in [0.15, 0.2) is 0 Å². The number of hydrogen-bond donors (Lipinski definition) is 0. The van der Waals surface area contributed by atoms with E-state index in [4.69, 9.17) is 0 Å². The zero-order valence-corrected chi connectivity index (χ0v) is 10.1. The Balaban J connectivity index is 0. The van der Waals surface area contributed by atoms with E-state index in [9.17, 15) is 0 Å². The van der Waals surface area contributed by atoms with Gasteiger partial charge in [-0.3, -0.25) is 0 Å². The van der Waals surface area contributed by atoms with E-state index in [1.807, 2.05) is 0 Å². The average Bonchev–Trinajstić information content (AvgIpc) is 0. The SMILES string of the molecule is Br.Br.Br.[Nd]. The van der Waals surface area contributed by atoms with E-state index in [2.05, 4.69) is 0 Å². The van der Waals surface area contributed by atoms with Crippen molar-refractivity contribution < 1.29 is 40.8 Å². The van der Waals surface area contributed by atoms with Crippen LogP contribution in [0.2, 0.25) is 0 Å². The van der Waals surface area contributed by atoms with Crippen molar-refractivity contribution >= 4 is 50.9 Å². The maximum absolute atomic E-state index is 0. The fourth-order valence-corrected chi connectivity index (χ4v) is 0. The Labute approximate surface area is 89.9 Å². The van der Waals surface area contributed by atoms with Gasteiger partial charge in [0.1, 0.15) is 0 Å². The van der Waals surface area contributed by atoms with Crippen LogP contribution in [-0.4, -0.2) is 0 Å². The molecular weight excluding hydrogens is 384 g/mol. The van der Waals surface area contributed by atoms with Crippen LogP contribution in [0.5, 0.6) is 0 Å². The molecule has 0 nitrogen and oxygen atoms in total.